The molecule has 3 N–H and O–H groups in total. The van der Waals surface area contributed by atoms with Crippen molar-refractivity contribution < 1.29 is 14.8 Å². The highest BCUT2D eigenvalue weighted by Gasteiger charge is 2.26. The Balaban J connectivity index is 1.74. The molecule has 1 amide bonds. The monoisotopic (exact) mass is 319 g/mol. The molecule has 0 unspecified atom stereocenters. The number of aliphatic hydroxyl groups is 1. The predicted octanol–water partition coefficient (Wildman–Crippen LogP) is 2.20. The zero-order valence-corrected chi connectivity index (χ0v) is 12.8. The van der Waals surface area contributed by atoms with Gasteiger partial charge < -0.3 is 15.7 Å². The smallest absolute Gasteiger partial charge is 0.293 e. The molecule has 0 atom stereocenters. The van der Waals surface area contributed by atoms with Crippen LogP contribution in [0.5, 0.6) is 0 Å². The second-order valence-electron chi connectivity index (χ2n) is 6.39. The average Bonchev–Trinajstić information content (AvgIpc) is 3.33. The molecular formula is C16H21N3O4. The molecule has 3 rings (SSSR count). The normalized spacial score (nSPS) is 24.0. The van der Waals surface area contributed by atoms with Gasteiger partial charge in [-0.3, -0.25) is 14.9 Å². The Kier molecular flexibility index (Phi) is 4.47. The van der Waals surface area contributed by atoms with Crippen molar-refractivity contribution in [2.75, 3.05) is 5.32 Å². The molecule has 0 radical (unpaired) electrons. The van der Waals surface area contributed by atoms with E-state index in [1.54, 1.807) is 12.1 Å². The quantitative estimate of drug-likeness (QED) is 0.570. The molecule has 2 fully saturated rings. The molecule has 7 heteroatoms. The number of nitro benzene ring substituents is 1. The van der Waals surface area contributed by atoms with Crippen LogP contribution in [0.15, 0.2) is 18.2 Å². The molecule has 1 aromatic carbocycles. The van der Waals surface area contributed by atoms with Crippen molar-refractivity contribution in [2.24, 2.45) is 0 Å². The number of hydrogen-bond acceptors (Lipinski definition) is 5. The van der Waals surface area contributed by atoms with Crippen molar-refractivity contribution in [2.45, 2.75) is 56.7 Å². The van der Waals surface area contributed by atoms with Gasteiger partial charge in [0.25, 0.3) is 11.6 Å². The summed E-state index contributed by atoms with van der Waals surface area (Å²) in [7, 11) is 0. The molecule has 7 nitrogen and oxygen atoms in total. The molecule has 1 aromatic rings. The summed E-state index contributed by atoms with van der Waals surface area (Å²) in [5.74, 6) is -0.261. The molecule has 0 aromatic heterocycles. The molecule has 2 aliphatic rings. The van der Waals surface area contributed by atoms with E-state index < -0.39 is 4.92 Å². The maximum absolute atomic E-state index is 12.0. The minimum absolute atomic E-state index is 0.0837. The lowest BCUT2D eigenvalue weighted by Gasteiger charge is -2.26. The van der Waals surface area contributed by atoms with E-state index in [2.05, 4.69) is 10.6 Å². The van der Waals surface area contributed by atoms with E-state index >= 15 is 0 Å². The number of nitrogens with zero attached hydrogens (tertiary/aromatic N) is 1. The van der Waals surface area contributed by atoms with Gasteiger partial charge in [0.15, 0.2) is 0 Å². The summed E-state index contributed by atoms with van der Waals surface area (Å²) in [5.41, 5.74) is 0.659. The third-order valence-electron chi connectivity index (χ3n) is 4.43. The molecular weight excluding hydrogens is 298 g/mol. The van der Waals surface area contributed by atoms with Crippen LogP contribution in [-0.4, -0.2) is 34.1 Å². The molecule has 0 saturated heterocycles. The number of nitro groups is 1. The van der Waals surface area contributed by atoms with E-state index in [-0.39, 0.29) is 29.8 Å². The standard InChI is InChI=1S/C16H21N3O4/c20-13-6-4-11(5-7-13)17-14-8-1-10(9-15(14)19(22)23)16(21)18-12-2-3-12/h1,8-9,11-13,17,20H,2-7H2,(H,18,21). The number of benzene rings is 1. The van der Waals surface area contributed by atoms with Crippen molar-refractivity contribution in [3.8, 4) is 0 Å². The molecule has 0 aliphatic heterocycles. The van der Waals surface area contributed by atoms with E-state index in [4.69, 9.17) is 0 Å². The summed E-state index contributed by atoms with van der Waals surface area (Å²) >= 11 is 0. The van der Waals surface area contributed by atoms with Crippen LogP contribution in [0, 0.1) is 10.1 Å². The number of rotatable bonds is 5. The second kappa shape index (κ2) is 6.54. The Morgan fingerprint density at radius 3 is 2.39 bits per heavy atom. The summed E-state index contributed by atoms with van der Waals surface area (Å²) in [5, 5.41) is 26.9. The summed E-state index contributed by atoms with van der Waals surface area (Å²) in [6.45, 7) is 0. The van der Waals surface area contributed by atoms with Crippen LogP contribution in [0.2, 0.25) is 0 Å². The van der Waals surface area contributed by atoms with E-state index in [9.17, 15) is 20.0 Å². The molecule has 0 spiro atoms. The van der Waals surface area contributed by atoms with Gasteiger partial charge in [0.1, 0.15) is 5.69 Å². The van der Waals surface area contributed by atoms with E-state index in [0.29, 0.717) is 24.1 Å². The van der Waals surface area contributed by atoms with Gasteiger partial charge in [0, 0.05) is 23.7 Å². The van der Waals surface area contributed by atoms with E-state index in [1.807, 2.05) is 0 Å². The maximum atomic E-state index is 12.0. The van der Waals surface area contributed by atoms with Crippen LogP contribution >= 0.6 is 0 Å². The number of aliphatic hydroxyl groups excluding tert-OH is 1. The number of nitrogens with one attached hydrogen (secondary N) is 2. The SMILES string of the molecule is O=C(NC1CC1)c1ccc(NC2CCC(O)CC2)c([N+](=O)[O-])c1. The van der Waals surface area contributed by atoms with Crippen molar-refractivity contribution >= 4 is 17.3 Å². The molecule has 0 heterocycles. The number of anilines is 1. The molecule has 124 valence electrons. The number of carbonyl (C=O) groups is 1. The van der Waals surface area contributed by atoms with Gasteiger partial charge in [-0.2, -0.15) is 0 Å². The predicted molar refractivity (Wildman–Crippen MR) is 85.5 cm³/mol. The summed E-state index contributed by atoms with van der Waals surface area (Å²) in [6, 6.07) is 4.88. The fourth-order valence-corrected chi connectivity index (χ4v) is 2.88. The van der Waals surface area contributed by atoms with Gasteiger partial charge >= 0.3 is 0 Å². The third-order valence-corrected chi connectivity index (χ3v) is 4.43. The van der Waals surface area contributed by atoms with Crippen molar-refractivity contribution in [3.05, 3.63) is 33.9 Å². The fourth-order valence-electron chi connectivity index (χ4n) is 2.88. The van der Waals surface area contributed by atoms with Crippen LogP contribution in [0.1, 0.15) is 48.9 Å². The first kappa shape index (κ1) is 15.7. The van der Waals surface area contributed by atoms with E-state index in [0.717, 1.165) is 25.7 Å². The zero-order chi connectivity index (χ0) is 16.4. The Morgan fingerprint density at radius 1 is 1.13 bits per heavy atom. The van der Waals surface area contributed by atoms with Gasteiger partial charge in [0.2, 0.25) is 0 Å². The Labute approximate surface area is 134 Å². The lowest BCUT2D eigenvalue weighted by molar-refractivity contribution is -0.384. The van der Waals surface area contributed by atoms with Crippen molar-refractivity contribution in [1.29, 1.82) is 0 Å². The Hall–Kier alpha value is -2.15. The Bertz CT molecular complexity index is 607. The van der Waals surface area contributed by atoms with Gasteiger partial charge in [-0.05, 0) is 50.7 Å². The Morgan fingerprint density at radius 2 is 1.78 bits per heavy atom. The average molecular weight is 319 g/mol. The van der Waals surface area contributed by atoms with Gasteiger partial charge in [-0.15, -0.1) is 0 Å². The van der Waals surface area contributed by atoms with Gasteiger partial charge in [0.05, 0.1) is 11.0 Å². The lowest BCUT2D eigenvalue weighted by Crippen LogP contribution is -2.28. The third kappa shape index (κ3) is 3.98. The van der Waals surface area contributed by atoms with Crippen LogP contribution in [0.25, 0.3) is 0 Å². The minimum atomic E-state index is -0.464. The fraction of sp³-hybridized carbons (Fsp3) is 0.562. The molecule has 2 saturated carbocycles. The van der Waals surface area contributed by atoms with Crippen LogP contribution in [0.3, 0.4) is 0 Å². The maximum Gasteiger partial charge on any atom is 0.293 e. The summed E-state index contributed by atoms with van der Waals surface area (Å²) in [6.07, 6.45) is 4.64. The molecule has 2 aliphatic carbocycles. The summed E-state index contributed by atoms with van der Waals surface area (Å²) < 4.78 is 0. The highest BCUT2D eigenvalue weighted by Crippen LogP contribution is 2.30. The van der Waals surface area contributed by atoms with Gasteiger partial charge in [-0.1, -0.05) is 0 Å². The van der Waals surface area contributed by atoms with Crippen LogP contribution in [-0.2, 0) is 0 Å². The van der Waals surface area contributed by atoms with Crippen molar-refractivity contribution in [1.82, 2.24) is 5.32 Å². The second-order valence-corrected chi connectivity index (χ2v) is 6.39. The highest BCUT2D eigenvalue weighted by atomic mass is 16.6. The lowest BCUT2D eigenvalue weighted by atomic mass is 9.93. The number of hydrogen-bond donors (Lipinski definition) is 3. The topological polar surface area (TPSA) is 104 Å². The molecule has 0 bridgehead atoms. The van der Waals surface area contributed by atoms with Crippen LogP contribution in [0.4, 0.5) is 11.4 Å². The minimum Gasteiger partial charge on any atom is -0.393 e. The van der Waals surface area contributed by atoms with Crippen molar-refractivity contribution in [3.63, 3.8) is 0 Å². The van der Waals surface area contributed by atoms with Gasteiger partial charge in [-0.25, -0.2) is 0 Å². The number of amides is 1. The zero-order valence-electron chi connectivity index (χ0n) is 12.8. The molecule has 23 heavy (non-hydrogen) atoms. The first-order valence-corrected chi connectivity index (χ1v) is 8.07. The largest absolute Gasteiger partial charge is 0.393 e. The highest BCUT2D eigenvalue weighted by molar-refractivity contribution is 5.96. The van der Waals surface area contributed by atoms with E-state index in [1.165, 1.54) is 6.07 Å². The van der Waals surface area contributed by atoms with Crippen LogP contribution < -0.4 is 10.6 Å². The number of carbonyl (C=O) groups excluding carboxylic acids is 1. The first-order valence-electron chi connectivity index (χ1n) is 8.07. The first-order chi connectivity index (χ1) is 11.0. The summed E-state index contributed by atoms with van der Waals surface area (Å²) in [4.78, 5) is 22.9.